The van der Waals surface area contributed by atoms with Crippen LogP contribution in [0.5, 0.6) is 5.75 Å². The number of sulfone groups is 1. The van der Waals surface area contributed by atoms with E-state index in [9.17, 15) is 17.5 Å². The van der Waals surface area contributed by atoms with E-state index in [1.54, 1.807) is 48.8 Å². The molecule has 0 saturated heterocycles. The molecule has 0 saturated carbocycles. The zero-order valence-corrected chi connectivity index (χ0v) is 17.1. The normalized spacial score (nSPS) is 18.8. The van der Waals surface area contributed by atoms with Crippen LogP contribution < -0.4 is 4.74 Å². The second-order valence-electron chi connectivity index (χ2n) is 6.81. The molecular weight excluding hydrogens is 410 g/mol. The van der Waals surface area contributed by atoms with Crippen LogP contribution in [0.3, 0.4) is 0 Å². The van der Waals surface area contributed by atoms with Crippen LogP contribution in [-0.4, -0.2) is 34.9 Å². The first-order chi connectivity index (χ1) is 13.9. The predicted molar refractivity (Wildman–Crippen MR) is 112 cm³/mol. The summed E-state index contributed by atoms with van der Waals surface area (Å²) in [5.41, 5.74) is 1.35. The maximum atomic E-state index is 13.3. The van der Waals surface area contributed by atoms with E-state index in [1.165, 1.54) is 12.1 Å². The van der Waals surface area contributed by atoms with Gasteiger partial charge in [-0.1, -0.05) is 30.3 Å². The van der Waals surface area contributed by atoms with Gasteiger partial charge in [-0.2, -0.15) is 10.6 Å². The summed E-state index contributed by atoms with van der Waals surface area (Å²) in [7, 11) is -7.03. The highest BCUT2D eigenvalue weighted by Gasteiger charge is 2.45. The molecule has 1 aliphatic rings. The molecule has 0 radical (unpaired) electrons. The molecule has 2 N–H and O–H groups in total. The van der Waals surface area contributed by atoms with Crippen molar-refractivity contribution in [3.63, 3.8) is 0 Å². The lowest BCUT2D eigenvalue weighted by Crippen LogP contribution is -2.16. The fourth-order valence-electron chi connectivity index (χ4n) is 3.48. The van der Waals surface area contributed by atoms with Crippen LogP contribution in [0.15, 0.2) is 82.8 Å². The number of pyridine rings is 1. The number of hydrogen-bond donors (Lipinski definition) is 2. The minimum Gasteiger partial charge on any atom is -0.493 e. The second kappa shape index (κ2) is 7.79. The topological polar surface area (TPSA) is 96.7 Å². The Morgan fingerprint density at radius 3 is 2.55 bits per heavy atom. The molecule has 8 heteroatoms. The zero-order valence-electron chi connectivity index (χ0n) is 15.5. The molecule has 1 aromatic heterocycles. The summed E-state index contributed by atoms with van der Waals surface area (Å²) in [5, 5.41) is -1.07. The van der Waals surface area contributed by atoms with Crippen molar-refractivity contribution in [2.24, 2.45) is 0 Å². The first-order valence-electron chi connectivity index (χ1n) is 9.09. The third kappa shape index (κ3) is 3.89. The van der Waals surface area contributed by atoms with Crippen LogP contribution in [0, 0.1) is 0 Å². The number of nitrogens with zero attached hydrogens (tertiary/aromatic N) is 1. The predicted octanol–water partition coefficient (Wildman–Crippen LogP) is 4.34. The molecule has 6 nitrogen and oxygen atoms in total. The third-order valence-electron chi connectivity index (χ3n) is 4.90. The van der Waals surface area contributed by atoms with Gasteiger partial charge < -0.3 is 4.74 Å². The van der Waals surface area contributed by atoms with E-state index in [-0.39, 0.29) is 15.5 Å². The summed E-state index contributed by atoms with van der Waals surface area (Å²) < 4.78 is 53.6. The summed E-state index contributed by atoms with van der Waals surface area (Å²) >= 11 is 0. The van der Waals surface area contributed by atoms with E-state index in [4.69, 9.17) is 4.74 Å². The Hall–Kier alpha value is -2.39. The smallest absolute Gasteiger partial charge is 0.187 e. The molecule has 0 amide bonds. The Bertz CT molecular complexity index is 1100. The van der Waals surface area contributed by atoms with Crippen LogP contribution in [-0.2, 0) is 16.3 Å². The number of hydrogen-bond acceptors (Lipinski definition) is 6. The number of benzene rings is 2. The fourth-order valence-corrected chi connectivity index (χ4v) is 7.92. The molecule has 1 aliphatic heterocycles. The van der Waals surface area contributed by atoms with Crippen LogP contribution in [0.25, 0.3) is 0 Å². The van der Waals surface area contributed by atoms with E-state index in [0.717, 1.165) is 5.56 Å². The first kappa shape index (κ1) is 19.9. The lowest BCUT2D eigenvalue weighted by molar-refractivity contribution is 0.317. The highest BCUT2D eigenvalue weighted by Crippen LogP contribution is 2.63. The summed E-state index contributed by atoms with van der Waals surface area (Å²) in [6, 6.07) is 16.8. The van der Waals surface area contributed by atoms with Gasteiger partial charge in [0.15, 0.2) is 9.84 Å². The third-order valence-corrected chi connectivity index (χ3v) is 9.05. The van der Waals surface area contributed by atoms with Crippen LogP contribution in [0.4, 0.5) is 0 Å². The van der Waals surface area contributed by atoms with Crippen molar-refractivity contribution in [3.05, 3.63) is 84.2 Å². The molecule has 0 aliphatic carbocycles. The lowest BCUT2D eigenvalue weighted by atomic mass is 10.1. The molecular formula is C21H21NO5S2. The van der Waals surface area contributed by atoms with Gasteiger partial charge in [0.25, 0.3) is 0 Å². The summed E-state index contributed by atoms with van der Waals surface area (Å²) in [6.45, 7) is 0.319. The Kier molecular flexibility index (Phi) is 5.35. The van der Waals surface area contributed by atoms with Crippen molar-refractivity contribution in [2.75, 3.05) is 12.4 Å². The Morgan fingerprint density at radius 2 is 1.83 bits per heavy atom. The van der Waals surface area contributed by atoms with Gasteiger partial charge in [0.1, 0.15) is 11.0 Å². The van der Waals surface area contributed by atoms with Gasteiger partial charge in [0.05, 0.1) is 22.2 Å². The fraction of sp³-hybridized carbons (Fsp3) is 0.190. The molecule has 0 fully saturated rings. The van der Waals surface area contributed by atoms with Gasteiger partial charge in [-0.15, -0.1) is 0 Å². The first-order valence-corrected chi connectivity index (χ1v) is 12.4. The van der Waals surface area contributed by atoms with Crippen molar-refractivity contribution in [1.29, 1.82) is 0 Å². The van der Waals surface area contributed by atoms with E-state index in [0.29, 0.717) is 24.3 Å². The van der Waals surface area contributed by atoms with Crippen LogP contribution in [0.2, 0.25) is 0 Å². The largest absolute Gasteiger partial charge is 0.493 e. The maximum absolute atomic E-state index is 13.3. The summed E-state index contributed by atoms with van der Waals surface area (Å²) in [5.74, 6) is 0.107. The second-order valence-corrected chi connectivity index (χ2v) is 11.0. The Balaban J connectivity index is 1.67. The lowest BCUT2D eigenvalue weighted by Gasteiger charge is -2.27. The van der Waals surface area contributed by atoms with E-state index in [1.807, 2.05) is 12.1 Å². The minimum atomic E-state index is -3.81. The van der Waals surface area contributed by atoms with Crippen molar-refractivity contribution in [3.8, 4) is 5.75 Å². The maximum Gasteiger partial charge on any atom is 0.187 e. The number of rotatable bonds is 6. The van der Waals surface area contributed by atoms with Crippen LogP contribution >= 0.6 is 10.6 Å². The Labute approximate surface area is 171 Å². The summed E-state index contributed by atoms with van der Waals surface area (Å²) in [4.78, 5) is 4.47. The highest BCUT2D eigenvalue weighted by atomic mass is 32.3. The zero-order chi connectivity index (χ0) is 20.5. The minimum absolute atomic E-state index is 0.151. The molecule has 0 bridgehead atoms. The number of fused-ring (bicyclic) bond motifs is 1. The molecule has 4 rings (SSSR count). The van der Waals surface area contributed by atoms with Gasteiger partial charge in [-0.3, -0.25) is 14.1 Å². The van der Waals surface area contributed by atoms with Gasteiger partial charge >= 0.3 is 0 Å². The van der Waals surface area contributed by atoms with Gasteiger partial charge in [0.2, 0.25) is 0 Å². The molecule has 3 aromatic rings. The van der Waals surface area contributed by atoms with E-state index in [2.05, 4.69) is 4.98 Å². The van der Waals surface area contributed by atoms with Crippen molar-refractivity contribution in [2.45, 2.75) is 21.5 Å². The molecule has 1 unspecified atom stereocenters. The molecule has 1 atom stereocenters. The monoisotopic (exact) mass is 431 g/mol. The number of aromatic nitrogens is 1. The van der Waals surface area contributed by atoms with Crippen molar-refractivity contribution >= 4 is 20.4 Å². The number of ether oxygens (including phenoxy) is 1. The molecule has 0 spiro atoms. The van der Waals surface area contributed by atoms with Crippen LogP contribution in [0.1, 0.15) is 16.4 Å². The van der Waals surface area contributed by atoms with Gasteiger partial charge in [-0.25, -0.2) is 8.42 Å². The SMILES string of the molecule is O=S(=O)(c1ccccc1)C1CS(O)(O)c2cccc(OCCc3cccnc3)c21. The average Bonchev–Trinajstić information content (AvgIpc) is 3.02. The highest BCUT2D eigenvalue weighted by molar-refractivity contribution is 8.25. The molecule has 2 aromatic carbocycles. The summed E-state index contributed by atoms with van der Waals surface area (Å²) in [6.07, 6.45) is 4.04. The molecule has 152 valence electrons. The quantitative estimate of drug-likeness (QED) is 0.603. The average molecular weight is 432 g/mol. The molecule has 29 heavy (non-hydrogen) atoms. The Morgan fingerprint density at radius 1 is 1.03 bits per heavy atom. The molecule has 2 heterocycles. The standard InChI is InChI=1S/C21H21NO5S2/c23-28(24)15-20(29(25,26)17-7-2-1-3-8-17)21-18(9-4-10-19(21)28)27-13-11-16-6-5-12-22-14-16/h1-10,12,14,20,23-24H,11,13,15H2. The van der Waals surface area contributed by atoms with Gasteiger partial charge in [0, 0.05) is 24.4 Å². The van der Waals surface area contributed by atoms with Gasteiger partial charge in [-0.05, 0) is 35.9 Å². The van der Waals surface area contributed by atoms with E-state index < -0.39 is 25.7 Å². The van der Waals surface area contributed by atoms with Crippen molar-refractivity contribution < 1.29 is 22.3 Å². The van der Waals surface area contributed by atoms with Crippen molar-refractivity contribution in [1.82, 2.24) is 4.98 Å². The van der Waals surface area contributed by atoms with E-state index >= 15 is 0 Å².